The first-order valence-corrected chi connectivity index (χ1v) is 8.40. The van der Waals surface area contributed by atoms with Crippen LogP contribution in [0.4, 0.5) is 10.5 Å². The minimum atomic E-state index is -4.54. The van der Waals surface area contributed by atoms with Crippen molar-refractivity contribution in [2.24, 2.45) is 11.5 Å². The van der Waals surface area contributed by atoms with Gasteiger partial charge in [0.15, 0.2) is 0 Å². The van der Waals surface area contributed by atoms with Gasteiger partial charge in [-0.25, -0.2) is 4.79 Å². The van der Waals surface area contributed by atoms with Gasteiger partial charge in [0, 0.05) is 12.2 Å². The highest BCUT2D eigenvalue weighted by atomic mass is 32.2. The highest BCUT2D eigenvalue weighted by Gasteiger charge is 2.18. The van der Waals surface area contributed by atoms with Crippen LogP contribution in [0, 0.1) is 0 Å². The maximum Gasteiger partial charge on any atom is 0.312 e. The van der Waals surface area contributed by atoms with Crippen LogP contribution in [-0.4, -0.2) is 42.6 Å². The molecule has 0 spiro atoms. The van der Waals surface area contributed by atoms with E-state index in [1.54, 1.807) is 0 Å². The maximum absolute atomic E-state index is 11.9. The van der Waals surface area contributed by atoms with E-state index in [0.717, 1.165) is 6.07 Å². The molecule has 11 heteroatoms. The SMILES string of the molecule is NC(=O)NCCC[C@H](N)C(=O)Nc1ccc(CO)c(S(=O)(=O)O)c1. The van der Waals surface area contributed by atoms with Gasteiger partial charge in [0.05, 0.1) is 12.6 Å². The number of hydrogen-bond acceptors (Lipinski definition) is 6. The molecular weight excluding hydrogens is 340 g/mol. The van der Waals surface area contributed by atoms with Gasteiger partial charge in [-0.15, -0.1) is 0 Å². The number of carbonyl (C=O) groups excluding carboxylic acids is 2. The summed E-state index contributed by atoms with van der Waals surface area (Å²) in [7, 11) is -4.54. The Bertz CT molecular complexity index is 706. The second kappa shape index (κ2) is 8.59. The largest absolute Gasteiger partial charge is 0.392 e. The molecule has 1 aromatic carbocycles. The molecule has 134 valence electrons. The van der Waals surface area contributed by atoms with E-state index in [0.29, 0.717) is 6.42 Å². The fourth-order valence-electron chi connectivity index (χ4n) is 1.90. The van der Waals surface area contributed by atoms with Crippen molar-refractivity contribution in [2.75, 3.05) is 11.9 Å². The number of amides is 3. The van der Waals surface area contributed by atoms with Crippen molar-refractivity contribution < 1.29 is 27.7 Å². The lowest BCUT2D eigenvalue weighted by atomic mass is 10.1. The molecule has 24 heavy (non-hydrogen) atoms. The zero-order chi connectivity index (χ0) is 18.3. The van der Waals surface area contributed by atoms with Gasteiger partial charge in [-0.3, -0.25) is 9.35 Å². The molecule has 0 aliphatic rings. The van der Waals surface area contributed by atoms with Crippen LogP contribution >= 0.6 is 0 Å². The number of anilines is 1. The summed E-state index contributed by atoms with van der Waals surface area (Å²) in [5.74, 6) is -0.563. The average Bonchev–Trinajstić information content (AvgIpc) is 2.50. The molecule has 0 aliphatic carbocycles. The van der Waals surface area contributed by atoms with Gasteiger partial charge >= 0.3 is 6.03 Å². The minimum absolute atomic E-state index is 0.00248. The Morgan fingerprint density at radius 2 is 1.96 bits per heavy atom. The van der Waals surface area contributed by atoms with Crippen LogP contribution in [-0.2, 0) is 21.5 Å². The van der Waals surface area contributed by atoms with Crippen molar-refractivity contribution in [1.29, 1.82) is 0 Å². The van der Waals surface area contributed by atoms with E-state index in [1.165, 1.54) is 12.1 Å². The number of nitrogens with two attached hydrogens (primary N) is 2. The molecule has 0 aliphatic heterocycles. The first-order valence-electron chi connectivity index (χ1n) is 6.96. The molecule has 0 saturated carbocycles. The van der Waals surface area contributed by atoms with Crippen LogP contribution in [0.2, 0.25) is 0 Å². The molecule has 0 heterocycles. The second-order valence-corrected chi connectivity index (χ2v) is 6.37. The van der Waals surface area contributed by atoms with E-state index in [9.17, 15) is 18.0 Å². The lowest BCUT2D eigenvalue weighted by Gasteiger charge is -2.13. The Hall–Kier alpha value is -2.21. The normalized spacial score (nSPS) is 12.5. The molecular formula is C13H20N4O6S. The van der Waals surface area contributed by atoms with E-state index >= 15 is 0 Å². The molecule has 1 aromatic rings. The Labute approximate surface area is 139 Å². The summed E-state index contributed by atoms with van der Waals surface area (Å²) in [6, 6.07) is 2.11. The first kappa shape index (κ1) is 19.8. The van der Waals surface area contributed by atoms with Crippen molar-refractivity contribution in [1.82, 2.24) is 5.32 Å². The topological polar surface area (TPSA) is 185 Å². The smallest absolute Gasteiger partial charge is 0.312 e. The molecule has 0 fully saturated rings. The van der Waals surface area contributed by atoms with Gasteiger partial charge in [0.2, 0.25) is 5.91 Å². The number of aliphatic hydroxyl groups is 1. The lowest BCUT2D eigenvalue weighted by Crippen LogP contribution is -2.37. The van der Waals surface area contributed by atoms with E-state index in [1.807, 2.05) is 0 Å². The van der Waals surface area contributed by atoms with Crippen LogP contribution in [0.1, 0.15) is 18.4 Å². The van der Waals surface area contributed by atoms with Gasteiger partial charge in [-0.05, 0) is 30.5 Å². The fourth-order valence-corrected chi connectivity index (χ4v) is 2.64. The monoisotopic (exact) mass is 360 g/mol. The highest BCUT2D eigenvalue weighted by molar-refractivity contribution is 7.85. The maximum atomic E-state index is 11.9. The van der Waals surface area contributed by atoms with Gasteiger partial charge < -0.3 is 27.2 Å². The number of hydrogen-bond donors (Lipinski definition) is 6. The Morgan fingerprint density at radius 3 is 2.50 bits per heavy atom. The van der Waals surface area contributed by atoms with Gasteiger partial charge in [0.1, 0.15) is 4.90 Å². The van der Waals surface area contributed by atoms with Gasteiger partial charge in [-0.1, -0.05) is 6.07 Å². The predicted molar refractivity (Wildman–Crippen MR) is 85.6 cm³/mol. The summed E-state index contributed by atoms with van der Waals surface area (Å²) in [5, 5.41) is 13.9. The summed E-state index contributed by atoms with van der Waals surface area (Å²) in [5.41, 5.74) is 10.7. The number of urea groups is 1. The van der Waals surface area contributed by atoms with Crippen molar-refractivity contribution >= 4 is 27.7 Å². The summed E-state index contributed by atoms with van der Waals surface area (Å²) in [6.07, 6.45) is 0.698. The highest BCUT2D eigenvalue weighted by Crippen LogP contribution is 2.21. The van der Waals surface area contributed by atoms with Crippen molar-refractivity contribution in [3.05, 3.63) is 23.8 Å². The first-order chi connectivity index (χ1) is 11.1. The Kier molecular flexibility index (Phi) is 7.10. The molecule has 1 atom stereocenters. The van der Waals surface area contributed by atoms with Crippen LogP contribution in [0.3, 0.4) is 0 Å². The number of benzene rings is 1. The standard InChI is InChI=1S/C13H20N4O6S/c14-10(2-1-5-16-13(15)20)12(19)17-9-4-3-8(7-18)11(6-9)24(21,22)23/h3-4,6,10,18H,1-2,5,7,14H2,(H,17,19)(H3,15,16,20)(H,21,22,23)/t10-/m0/s1. The van der Waals surface area contributed by atoms with Crippen molar-refractivity contribution in [3.8, 4) is 0 Å². The number of rotatable bonds is 8. The lowest BCUT2D eigenvalue weighted by molar-refractivity contribution is -0.117. The van der Waals surface area contributed by atoms with Gasteiger partial charge in [-0.2, -0.15) is 8.42 Å². The third kappa shape index (κ3) is 6.12. The molecule has 10 nitrogen and oxygen atoms in total. The summed E-state index contributed by atoms with van der Waals surface area (Å²) in [4.78, 5) is 21.9. The predicted octanol–water partition coefficient (Wildman–Crippen LogP) is -0.860. The van der Waals surface area contributed by atoms with Gasteiger partial charge in [0.25, 0.3) is 10.1 Å². The van der Waals surface area contributed by atoms with E-state index in [4.69, 9.17) is 21.1 Å². The summed E-state index contributed by atoms with van der Waals surface area (Å²) < 4.78 is 31.7. The molecule has 8 N–H and O–H groups in total. The number of aliphatic hydroxyl groups excluding tert-OH is 1. The quantitative estimate of drug-likeness (QED) is 0.257. The zero-order valence-electron chi connectivity index (χ0n) is 12.7. The Balaban J connectivity index is 2.71. The minimum Gasteiger partial charge on any atom is -0.392 e. The fraction of sp³-hybridized carbons (Fsp3) is 0.385. The van der Waals surface area contributed by atoms with Crippen LogP contribution < -0.4 is 22.1 Å². The average molecular weight is 360 g/mol. The molecule has 0 aromatic heterocycles. The third-order valence-electron chi connectivity index (χ3n) is 3.11. The summed E-state index contributed by atoms with van der Waals surface area (Å²) >= 11 is 0. The van der Waals surface area contributed by atoms with E-state index in [2.05, 4.69) is 10.6 Å². The molecule has 1 rings (SSSR count). The number of primary amides is 1. The summed E-state index contributed by atoms with van der Waals surface area (Å²) in [6.45, 7) is -0.315. The molecule has 3 amide bonds. The molecule has 0 unspecified atom stereocenters. The second-order valence-electron chi connectivity index (χ2n) is 4.98. The Morgan fingerprint density at radius 1 is 1.29 bits per heavy atom. The van der Waals surface area contributed by atoms with Crippen molar-refractivity contribution in [3.63, 3.8) is 0 Å². The molecule has 0 saturated heterocycles. The zero-order valence-corrected chi connectivity index (χ0v) is 13.5. The number of nitrogens with one attached hydrogen (secondary N) is 2. The number of carbonyl (C=O) groups is 2. The van der Waals surface area contributed by atoms with E-state index < -0.39 is 39.6 Å². The molecule has 0 radical (unpaired) electrons. The van der Waals surface area contributed by atoms with Crippen LogP contribution in [0.15, 0.2) is 23.1 Å². The van der Waals surface area contributed by atoms with Crippen molar-refractivity contribution in [2.45, 2.75) is 30.4 Å². The molecule has 0 bridgehead atoms. The third-order valence-corrected chi connectivity index (χ3v) is 4.05. The van der Waals surface area contributed by atoms with E-state index in [-0.39, 0.29) is 24.2 Å². The van der Waals surface area contributed by atoms with Crippen LogP contribution in [0.25, 0.3) is 0 Å². The van der Waals surface area contributed by atoms with Crippen LogP contribution in [0.5, 0.6) is 0 Å².